The van der Waals surface area contributed by atoms with Gasteiger partial charge < -0.3 is 10.2 Å². The minimum atomic E-state index is -0.166. The van der Waals surface area contributed by atoms with E-state index >= 15 is 0 Å². The van der Waals surface area contributed by atoms with Crippen LogP contribution in [-0.4, -0.2) is 45.2 Å². The summed E-state index contributed by atoms with van der Waals surface area (Å²) in [7, 11) is 0. The fraction of sp³-hybridized carbons (Fsp3) is 0.273. The molecule has 7 heteroatoms. The van der Waals surface area contributed by atoms with Crippen LogP contribution >= 0.6 is 0 Å². The molecule has 1 saturated heterocycles. The number of pyridine rings is 1. The minimum Gasteiger partial charge on any atom is -0.368 e. The van der Waals surface area contributed by atoms with E-state index < -0.39 is 0 Å². The highest BCUT2D eigenvalue weighted by atomic mass is 16.2. The maximum absolute atomic E-state index is 12.7. The molecule has 1 aromatic carbocycles. The number of nitrogens with one attached hydrogen (secondary N) is 1. The number of aromatic nitrogens is 3. The highest BCUT2D eigenvalue weighted by molar-refractivity contribution is 5.98. The van der Waals surface area contributed by atoms with Crippen LogP contribution in [0.2, 0.25) is 0 Å². The lowest BCUT2D eigenvalue weighted by molar-refractivity contribution is 0.0793. The number of carbonyl (C=O) groups is 1. The maximum atomic E-state index is 12.7. The molecule has 0 atom stereocenters. The zero-order chi connectivity index (χ0) is 20.1. The van der Waals surface area contributed by atoms with E-state index in [9.17, 15) is 9.59 Å². The van der Waals surface area contributed by atoms with Crippen molar-refractivity contribution >= 4 is 11.7 Å². The number of hydrogen-bond donors (Lipinski definition) is 1. The van der Waals surface area contributed by atoms with Gasteiger partial charge in [0.15, 0.2) is 0 Å². The van der Waals surface area contributed by atoms with E-state index in [1.165, 1.54) is 10.7 Å². The van der Waals surface area contributed by atoms with Gasteiger partial charge >= 0.3 is 0 Å². The minimum absolute atomic E-state index is 0.000494. The van der Waals surface area contributed by atoms with Gasteiger partial charge in [-0.2, -0.15) is 5.10 Å². The van der Waals surface area contributed by atoms with Crippen molar-refractivity contribution in [3.8, 4) is 11.3 Å². The van der Waals surface area contributed by atoms with Crippen molar-refractivity contribution in [2.75, 3.05) is 25.0 Å². The first kappa shape index (κ1) is 18.9. The molecule has 0 aliphatic carbocycles. The molecule has 7 nitrogen and oxygen atoms in total. The third-order valence-electron chi connectivity index (χ3n) is 4.98. The summed E-state index contributed by atoms with van der Waals surface area (Å²) in [6, 6.07) is 16.5. The number of likely N-dealkylation sites (tertiary alicyclic amines) is 1. The van der Waals surface area contributed by atoms with Crippen molar-refractivity contribution in [2.24, 2.45) is 0 Å². The van der Waals surface area contributed by atoms with Crippen LogP contribution in [0.25, 0.3) is 11.3 Å². The van der Waals surface area contributed by atoms with Crippen LogP contribution in [0.4, 0.5) is 5.82 Å². The van der Waals surface area contributed by atoms with Crippen LogP contribution in [0.3, 0.4) is 0 Å². The van der Waals surface area contributed by atoms with Crippen LogP contribution in [0.15, 0.2) is 65.6 Å². The Balaban J connectivity index is 1.46. The van der Waals surface area contributed by atoms with Gasteiger partial charge in [0.2, 0.25) is 0 Å². The molecule has 0 unspecified atom stereocenters. The van der Waals surface area contributed by atoms with Crippen LogP contribution in [0, 0.1) is 0 Å². The second-order valence-electron chi connectivity index (χ2n) is 6.97. The van der Waals surface area contributed by atoms with E-state index in [0.29, 0.717) is 24.5 Å². The van der Waals surface area contributed by atoms with Gasteiger partial charge in [-0.15, -0.1) is 0 Å². The number of benzene rings is 1. The Kier molecular flexibility index (Phi) is 5.65. The third kappa shape index (κ3) is 4.34. The average Bonchev–Trinajstić information content (AvgIpc) is 3.30. The molecule has 0 bridgehead atoms. The third-order valence-corrected chi connectivity index (χ3v) is 4.98. The van der Waals surface area contributed by atoms with E-state index in [1.807, 2.05) is 35.2 Å². The van der Waals surface area contributed by atoms with E-state index in [4.69, 9.17) is 0 Å². The van der Waals surface area contributed by atoms with Gasteiger partial charge in [-0.3, -0.25) is 9.59 Å². The largest absolute Gasteiger partial charge is 0.368 e. The Bertz CT molecular complexity index is 1040. The molecular formula is C22H23N5O2. The Morgan fingerprint density at radius 1 is 1.00 bits per heavy atom. The number of hydrogen-bond acceptors (Lipinski definition) is 5. The van der Waals surface area contributed by atoms with Crippen molar-refractivity contribution in [3.05, 3.63) is 76.7 Å². The van der Waals surface area contributed by atoms with Gasteiger partial charge in [-0.25, -0.2) is 9.67 Å². The van der Waals surface area contributed by atoms with Gasteiger partial charge in [-0.1, -0.05) is 30.3 Å². The van der Waals surface area contributed by atoms with Gasteiger partial charge in [0.05, 0.1) is 17.8 Å². The molecule has 148 valence electrons. The molecule has 3 aromatic rings. The summed E-state index contributed by atoms with van der Waals surface area (Å²) < 4.78 is 1.43. The normalized spacial score (nSPS) is 13.4. The molecule has 1 aliphatic rings. The zero-order valence-corrected chi connectivity index (χ0v) is 16.1. The quantitative estimate of drug-likeness (QED) is 0.701. The molecular weight excluding hydrogens is 366 g/mol. The van der Waals surface area contributed by atoms with Gasteiger partial charge in [0.1, 0.15) is 5.82 Å². The van der Waals surface area contributed by atoms with Crippen molar-refractivity contribution in [2.45, 2.75) is 19.4 Å². The predicted molar refractivity (Wildman–Crippen MR) is 112 cm³/mol. The zero-order valence-electron chi connectivity index (χ0n) is 16.1. The number of amides is 1. The maximum Gasteiger partial charge on any atom is 0.266 e. The number of rotatable bonds is 6. The summed E-state index contributed by atoms with van der Waals surface area (Å²) in [4.78, 5) is 31.1. The van der Waals surface area contributed by atoms with Crippen LogP contribution in [-0.2, 0) is 6.54 Å². The average molecular weight is 389 g/mol. The topological polar surface area (TPSA) is 80.1 Å². The number of nitrogens with zero attached hydrogens (tertiary/aromatic N) is 4. The first-order valence-corrected chi connectivity index (χ1v) is 9.84. The summed E-state index contributed by atoms with van der Waals surface area (Å²) in [5.74, 6) is 0.538. The fourth-order valence-electron chi connectivity index (χ4n) is 3.46. The van der Waals surface area contributed by atoms with Crippen LogP contribution in [0.1, 0.15) is 23.2 Å². The van der Waals surface area contributed by atoms with Crippen LogP contribution in [0.5, 0.6) is 0 Å². The van der Waals surface area contributed by atoms with Gasteiger partial charge in [0.25, 0.3) is 11.5 Å². The molecule has 0 spiro atoms. The van der Waals surface area contributed by atoms with Crippen molar-refractivity contribution in [3.63, 3.8) is 0 Å². The monoisotopic (exact) mass is 389 g/mol. The number of carbonyl (C=O) groups excluding carboxylic acids is 1. The summed E-state index contributed by atoms with van der Waals surface area (Å²) >= 11 is 0. The molecule has 0 saturated carbocycles. The van der Waals surface area contributed by atoms with E-state index in [1.54, 1.807) is 24.4 Å². The first-order valence-electron chi connectivity index (χ1n) is 9.84. The second kappa shape index (κ2) is 8.68. The molecule has 4 rings (SSSR count). The smallest absolute Gasteiger partial charge is 0.266 e. The van der Waals surface area contributed by atoms with E-state index in [2.05, 4.69) is 15.4 Å². The lowest BCUT2D eigenvalue weighted by Crippen LogP contribution is -2.29. The SMILES string of the molecule is O=C(c1cccnc1NCCn1nc(-c2ccccc2)ccc1=O)N1CCCC1. The Hall–Kier alpha value is -3.48. The molecule has 1 aliphatic heterocycles. The van der Waals surface area contributed by atoms with Crippen LogP contribution < -0.4 is 10.9 Å². The van der Waals surface area contributed by atoms with Crippen molar-refractivity contribution in [1.82, 2.24) is 19.7 Å². The molecule has 3 heterocycles. The lowest BCUT2D eigenvalue weighted by Gasteiger charge is -2.17. The van der Waals surface area contributed by atoms with Crippen molar-refractivity contribution in [1.29, 1.82) is 0 Å². The molecule has 0 radical (unpaired) electrons. The first-order chi connectivity index (χ1) is 14.2. The standard InChI is InChI=1S/C22H23N5O2/c28-20-11-10-19(17-7-2-1-3-8-17)25-27(20)16-13-24-21-18(9-6-12-23-21)22(29)26-14-4-5-15-26/h1-3,6-12H,4-5,13-16H2,(H,23,24). The number of anilines is 1. The summed E-state index contributed by atoms with van der Waals surface area (Å²) in [5, 5.41) is 7.66. The summed E-state index contributed by atoms with van der Waals surface area (Å²) in [5.41, 5.74) is 2.10. The summed E-state index contributed by atoms with van der Waals surface area (Å²) in [6.45, 7) is 2.38. The molecule has 2 aromatic heterocycles. The Morgan fingerprint density at radius 3 is 2.59 bits per heavy atom. The highest BCUT2D eigenvalue weighted by Gasteiger charge is 2.22. The predicted octanol–water partition coefficient (Wildman–Crippen LogP) is 2.65. The molecule has 1 amide bonds. The lowest BCUT2D eigenvalue weighted by atomic mass is 10.1. The summed E-state index contributed by atoms with van der Waals surface area (Å²) in [6.07, 6.45) is 3.74. The van der Waals surface area contributed by atoms with E-state index in [0.717, 1.165) is 37.2 Å². The Morgan fingerprint density at radius 2 is 1.79 bits per heavy atom. The van der Waals surface area contributed by atoms with Crippen molar-refractivity contribution < 1.29 is 4.79 Å². The molecule has 1 fully saturated rings. The second-order valence-corrected chi connectivity index (χ2v) is 6.97. The van der Waals surface area contributed by atoms with E-state index in [-0.39, 0.29) is 11.5 Å². The Labute approximate surface area is 169 Å². The van der Waals surface area contributed by atoms with Gasteiger partial charge in [-0.05, 0) is 31.0 Å². The van der Waals surface area contributed by atoms with Gasteiger partial charge in [0, 0.05) is 37.5 Å². The molecule has 29 heavy (non-hydrogen) atoms. The fourth-order valence-corrected chi connectivity index (χ4v) is 3.46. The molecule has 1 N–H and O–H groups in total. The highest BCUT2D eigenvalue weighted by Crippen LogP contribution is 2.18.